The van der Waals surface area contributed by atoms with E-state index in [2.05, 4.69) is 24.1 Å². The number of nitrogens with one attached hydrogen (secondary N) is 1. The number of amides is 1. The van der Waals surface area contributed by atoms with Crippen molar-refractivity contribution < 1.29 is 4.79 Å². The summed E-state index contributed by atoms with van der Waals surface area (Å²) in [6.07, 6.45) is 2.08. The molecule has 1 amide bonds. The molecule has 0 aromatic heterocycles. The van der Waals surface area contributed by atoms with E-state index in [1.807, 2.05) is 60.7 Å². The summed E-state index contributed by atoms with van der Waals surface area (Å²) in [6, 6.07) is 19.9. The molecule has 3 nitrogen and oxygen atoms in total. The van der Waals surface area contributed by atoms with E-state index in [-0.39, 0.29) is 17.7 Å². The normalized spacial score (nSPS) is 17.3. The summed E-state index contributed by atoms with van der Waals surface area (Å²) in [5.41, 5.74) is 6.28. The fraction of sp³-hybridized carbons (Fsp3) is 0.118. The molecular weight excluding hydrogens is 280 g/mol. The van der Waals surface area contributed by atoms with E-state index in [1.54, 1.807) is 5.01 Å². The summed E-state index contributed by atoms with van der Waals surface area (Å²) in [6.45, 7) is 0. The molecule has 1 N–H and O–H groups in total. The number of carbonyl (C=O) groups is 1. The van der Waals surface area contributed by atoms with Crippen molar-refractivity contribution in [1.82, 2.24) is 10.4 Å². The van der Waals surface area contributed by atoms with Crippen LogP contribution >= 0.6 is 12.6 Å². The van der Waals surface area contributed by atoms with Gasteiger partial charge in [-0.1, -0.05) is 60.7 Å². The minimum Gasteiger partial charge on any atom is -0.295 e. The molecule has 2 aromatic carbocycles. The highest BCUT2D eigenvalue weighted by Crippen LogP contribution is 2.31. The van der Waals surface area contributed by atoms with Crippen LogP contribution in [-0.4, -0.2) is 16.7 Å². The van der Waals surface area contributed by atoms with Crippen molar-refractivity contribution in [3.05, 3.63) is 77.9 Å². The van der Waals surface area contributed by atoms with Crippen LogP contribution in [0.2, 0.25) is 0 Å². The zero-order valence-electron chi connectivity index (χ0n) is 11.4. The third-order valence-corrected chi connectivity index (χ3v) is 3.74. The molecule has 0 fully saturated rings. The minimum atomic E-state index is -0.110. The van der Waals surface area contributed by atoms with Gasteiger partial charge in [0.1, 0.15) is 0 Å². The fourth-order valence-corrected chi connectivity index (χ4v) is 2.59. The van der Waals surface area contributed by atoms with E-state index in [0.29, 0.717) is 0 Å². The van der Waals surface area contributed by atoms with E-state index < -0.39 is 0 Å². The topological polar surface area (TPSA) is 32.3 Å². The monoisotopic (exact) mass is 296 g/mol. The molecule has 1 heterocycles. The molecule has 1 aliphatic rings. The molecule has 2 aromatic rings. The Balaban J connectivity index is 1.97. The maximum absolute atomic E-state index is 12.1. The number of carbonyl (C=O) groups excluding carboxylic acids is 1. The summed E-state index contributed by atoms with van der Waals surface area (Å²) in [5, 5.41) is 1.64. The third-order valence-electron chi connectivity index (χ3n) is 3.47. The van der Waals surface area contributed by atoms with E-state index in [4.69, 9.17) is 0 Å². The quantitative estimate of drug-likeness (QED) is 0.853. The third kappa shape index (κ3) is 2.81. The highest BCUT2D eigenvalue weighted by molar-refractivity contribution is 7.81. The Morgan fingerprint density at radius 3 is 2.29 bits per heavy atom. The van der Waals surface area contributed by atoms with Crippen molar-refractivity contribution in [2.24, 2.45) is 0 Å². The lowest BCUT2D eigenvalue weighted by Gasteiger charge is -2.24. The van der Waals surface area contributed by atoms with Gasteiger partial charge in [-0.25, -0.2) is 5.01 Å². The van der Waals surface area contributed by atoms with E-state index in [1.165, 1.54) is 0 Å². The number of benzene rings is 2. The van der Waals surface area contributed by atoms with Crippen molar-refractivity contribution in [3.63, 3.8) is 0 Å². The highest BCUT2D eigenvalue weighted by atomic mass is 32.1. The average Bonchev–Trinajstić information content (AvgIpc) is 3.01. The second kappa shape index (κ2) is 6.06. The van der Waals surface area contributed by atoms with Crippen LogP contribution in [0, 0.1) is 0 Å². The van der Waals surface area contributed by atoms with Gasteiger partial charge in [-0.15, -0.1) is 0 Å². The smallest absolute Gasteiger partial charge is 0.251 e. The van der Waals surface area contributed by atoms with Crippen LogP contribution in [0.3, 0.4) is 0 Å². The van der Waals surface area contributed by atoms with E-state index in [0.717, 1.165) is 16.8 Å². The second-order valence-electron chi connectivity index (χ2n) is 4.84. The summed E-state index contributed by atoms with van der Waals surface area (Å²) in [4.78, 5) is 12.1. The van der Waals surface area contributed by atoms with Crippen LogP contribution < -0.4 is 5.43 Å². The van der Waals surface area contributed by atoms with Crippen molar-refractivity contribution in [2.45, 2.75) is 6.04 Å². The Labute approximate surface area is 129 Å². The van der Waals surface area contributed by atoms with E-state index >= 15 is 0 Å². The molecule has 0 saturated carbocycles. The zero-order chi connectivity index (χ0) is 14.7. The van der Waals surface area contributed by atoms with Gasteiger partial charge < -0.3 is 0 Å². The molecule has 0 spiro atoms. The van der Waals surface area contributed by atoms with E-state index in [9.17, 15) is 4.79 Å². The summed E-state index contributed by atoms with van der Waals surface area (Å²) in [7, 11) is 0. The average molecular weight is 296 g/mol. The van der Waals surface area contributed by atoms with Gasteiger partial charge in [-0.2, -0.15) is 12.6 Å². The van der Waals surface area contributed by atoms with Crippen molar-refractivity contribution in [1.29, 1.82) is 0 Å². The number of rotatable bonds is 3. The fourth-order valence-electron chi connectivity index (χ4n) is 2.44. The number of hydrazine groups is 1. The molecule has 1 atom stereocenters. The van der Waals surface area contributed by atoms with Crippen LogP contribution in [0.4, 0.5) is 0 Å². The first kappa shape index (κ1) is 13.8. The van der Waals surface area contributed by atoms with Gasteiger partial charge in [0.25, 0.3) is 5.91 Å². The van der Waals surface area contributed by atoms with Gasteiger partial charge in [0.2, 0.25) is 0 Å². The van der Waals surface area contributed by atoms with Crippen LogP contribution in [0.15, 0.2) is 66.7 Å². The molecule has 1 aliphatic heterocycles. The van der Waals surface area contributed by atoms with Crippen molar-refractivity contribution in [2.75, 3.05) is 5.75 Å². The van der Waals surface area contributed by atoms with Crippen LogP contribution in [0.5, 0.6) is 0 Å². The summed E-state index contributed by atoms with van der Waals surface area (Å²) < 4.78 is 0. The lowest BCUT2D eigenvalue weighted by molar-refractivity contribution is -0.131. The van der Waals surface area contributed by atoms with Crippen LogP contribution in [0.1, 0.15) is 17.2 Å². The van der Waals surface area contributed by atoms with Gasteiger partial charge in [0.15, 0.2) is 0 Å². The lowest BCUT2D eigenvalue weighted by atomic mass is 10.0. The van der Waals surface area contributed by atoms with Crippen molar-refractivity contribution >= 4 is 24.2 Å². The molecule has 4 heteroatoms. The van der Waals surface area contributed by atoms with Gasteiger partial charge in [-0.3, -0.25) is 10.2 Å². The molecule has 1 unspecified atom stereocenters. The summed E-state index contributed by atoms with van der Waals surface area (Å²) in [5.74, 6) is 0.126. The number of nitrogens with zero attached hydrogens (tertiary/aromatic N) is 1. The molecule has 106 valence electrons. The predicted molar refractivity (Wildman–Crippen MR) is 87.4 cm³/mol. The summed E-state index contributed by atoms with van der Waals surface area (Å²) >= 11 is 4.11. The standard InChI is InChI=1S/C17H16N2OS/c20-17(12-21)19-16(14-9-5-2-6-10-14)11-15(18-19)13-7-3-1-4-8-13/h1-11,16,18,21H,12H2. The molecular formula is C17H16N2OS. The Bertz CT molecular complexity index is 655. The first-order chi connectivity index (χ1) is 10.3. The van der Waals surface area contributed by atoms with Gasteiger partial charge in [-0.05, 0) is 17.2 Å². The zero-order valence-corrected chi connectivity index (χ0v) is 12.3. The number of hydrogen-bond donors (Lipinski definition) is 2. The molecule has 21 heavy (non-hydrogen) atoms. The first-order valence-electron chi connectivity index (χ1n) is 6.81. The minimum absolute atomic E-state index is 0.0469. The molecule has 3 rings (SSSR count). The first-order valence-corrected chi connectivity index (χ1v) is 7.44. The predicted octanol–water partition coefficient (Wildman–Crippen LogP) is 3.05. The van der Waals surface area contributed by atoms with Crippen LogP contribution in [0.25, 0.3) is 5.70 Å². The lowest BCUT2D eigenvalue weighted by Crippen LogP contribution is -2.40. The Morgan fingerprint density at radius 1 is 1.05 bits per heavy atom. The maximum atomic E-state index is 12.1. The maximum Gasteiger partial charge on any atom is 0.251 e. The largest absolute Gasteiger partial charge is 0.295 e. The van der Waals surface area contributed by atoms with Gasteiger partial charge in [0.05, 0.1) is 17.5 Å². The SMILES string of the molecule is O=C(CS)N1NC(c2ccccc2)=CC1c1ccccc1. The Kier molecular flexibility index (Phi) is 3.97. The number of hydrogen-bond acceptors (Lipinski definition) is 3. The van der Waals surface area contributed by atoms with Gasteiger partial charge in [0, 0.05) is 0 Å². The van der Waals surface area contributed by atoms with Crippen molar-refractivity contribution in [3.8, 4) is 0 Å². The molecule has 0 bridgehead atoms. The highest BCUT2D eigenvalue weighted by Gasteiger charge is 2.29. The molecule has 0 radical (unpaired) electrons. The number of thiol groups is 1. The Hall–Kier alpha value is -2.20. The molecule has 0 saturated heterocycles. The van der Waals surface area contributed by atoms with Gasteiger partial charge >= 0.3 is 0 Å². The van der Waals surface area contributed by atoms with Crippen LogP contribution in [-0.2, 0) is 4.79 Å². The molecule has 0 aliphatic carbocycles. The Morgan fingerprint density at radius 2 is 1.67 bits per heavy atom. The second-order valence-corrected chi connectivity index (χ2v) is 5.15.